The zero-order valence-corrected chi connectivity index (χ0v) is 33.2. The van der Waals surface area contributed by atoms with E-state index < -0.39 is 34.6 Å². The van der Waals surface area contributed by atoms with Gasteiger partial charge in [-0.05, 0) is 130 Å². The molecule has 2 heterocycles. The highest BCUT2D eigenvalue weighted by atomic mass is 35.5. The largest absolute Gasteiger partial charge is 0.494 e. The van der Waals surface area contributed by atoms with E-state index in [2.05, 4.69) is 19.9 Å². The summed E-state index contributed by atoms with van der Waals surface area (Å²) in [6.07, 6.45) is 1.12. The van der Waals surface area contributed by atoms with Crippen LogP contribution in [0.3, 0.4) is 0 Å². The van der Waals surface area contributed by atoms with Crippen LogP contribution in [0.4, 0.5) is 13.2 Å². The number of thioether (sulfide) groups is 1. The molecule has 0 radical (unpaired) electrons. The highest BCUT2D eigenvalue weighted by Gasteiger charge is 2.57. The Morgan fingerprint density at radius 3 is 2.69 bits per heavy atom. The number of aromatic nitrogens is 1. The van der Waals surface area contributed by atoms with Crippen molar-refractivity contribution in [1.82, 2.24) is 4.98 Å². The van der Waals surface area contributed by atoms with E-state index in [1.807, 2.05) is 37.3 Å². The van der Waals surface area contributed by atoms with Crippen molar-refractivity contribution in [2.45, 2.75) is 93.9 Å². The summed E-state index contributed by atoms with van der Waals surface area (Å²) in [5.41, 5.74) is 1.37. The van der Waals surface area contributed by atoms with Crippen molar-refractivity contribution in [3.8, 4) is 17.1 Å². The van der Waals surface area contributed by atoms with Gasteiger partial charge in [-0.15, -0.1) is 11.3 Å². The minimum absolute atomic E-state index is 0.0271. The number of fused-ring (bicyclic) bond motifs is 9. The van der Waals surface area contributed by atoms with Crippen LogP contribution in [0.2, 0.25) is 5.02 Å². The van der Waals surface area contributed by atoms with Gasteiger partial charge in [-0.25, -0.2) is 4.98 Å². The zero-order valence-electron chi connectivity index (χ0n) is 30.8. The summed E-state index contributed by atoms with van der Waals surface area (Å²) in [4.78, 5) is 19.4. The van der Waals surface area contributed by atoms with Crippen molar-refractivity contribution >= 4 is 50.7 Å². The van der Waals surface area contributed by atoms with E-state index in [1.165, 1.54) is 17.7 Å². The number of aliphatic hydroxyl groups is 2. The summed E-state index contributed by atoms with van der Waals surface area (Å²) < 4.78 is 54.3. The van der Waals surface area contributed by atoms with Crippen LogP contribution >= 0.6 is 34.7 Å². The Balaban J connectivity index is 1.25. The van der Waals surface area contributed by atoms with Gasteiger partial charge < -0.3 is 19.4 Å². The number of hydrogen-bond donors (Lipinski definition) is 2. The van der Waals surface area contributed by atoms with Crippen LogP contribution in [0.25, 0.3) is 21.5 Å². The number of benzene rings is 3. The summed E-state index contributed by atoms with van der Waals surface area (Å²) in [5.74, 6) is 0.544. The van der Waals surface area contributed by atoms with E-state index in [0.717, 1.165) is 56.1 Å². The van der Waals surface area contributed by atoms with Crippen LogP contribution in [-0.4, -0.2) is 45.0 Å². The van der Waals surface area contributed by atoms with Crippen molar-refractivity contribution in [1.29, 1.82) is 0 Å². The van der Waals surface area contributed by atoms with E-state index in [4.69, 9.17) is 25.7 Å². The molecule has 6 nitrogen and oxygen atoms in total. The molecule has 1 saturated carbocycles. The summed E-state index contributed by atoms with van der Waals surface area (Å²) in [7, 11) is 0. The lowest BCUT2D eigenvalue weighted by atomic mass is 9.65. The predicted molar refractivity (Wildman–Crippen MR) is 213 cm³/mol. The molecule has 1 fully saturated rings. The molecular weight excluding hydrogens is 767 g/mol. The fraction of sp³-hybridized carbons (Fsp3) is 0.395. The molecule has 5 aromatic rings. The molecule has 0 saturated heterocycles. The molecule has 0 unspecified atom stereocenters. The lowest BCUT2D eigenvalue weighted by molar-refractivity contribution is -0.137. The molecule has 2 N–H and O–H groups in total. The van der Waals surface area contributed by atoms with Gasteiger partial charge in [0.1, 0.15) is 11.5 Å². The Labute approximate surface area is 331 Å². The van der Waals surface area contributed by atoms with Crippen molar-refractivity contribution in [3.05, 3.63) is 111 Å². The maximum absolute atomic E-state index is 14.5. The van der Waals surface area contributed by atoms with E-state index in [-0.39, 0.29) is 28.0 Å². The highest BCUT2D eigenvalue weighted by Crippen LogP contribution is 2.60. The maximum atomic E-state index is 14.5. The summed E-state index contributed by atoms with van der Waals surface area (Å²) in [5, 5.41) is 23.8. The first-order valence-corrected chi connectivity index (χ1v) is 20.7. The van der Waals surface area contributed by atoms with Crippen LogP contribution in [0.15, 0.2) is 87.1 Å². The standard InChI is InChI=1S/C43H43ClF3NO5S2/c1-4-52-29-11-14-35-38(23-29)55-40(48-35)54-24-42(51)19-17-33-30-12-8-26(20-28(49)10-7-25(2)6-5-18-41(33,42)3)21-31(30)39(50)37-16-15-36(53-37)32-22-27(43(45,46)47)9-13-34(32)44/h6,8-9,11-16,21-23,28,33,49,51H,4-5,7,10,17-20,24H2,1-3H3/t28-,33-,41-,42+/m0/s1. The Bertz CT molecular complexity index is 2250. The first-order chi connectivity index (χ1) is 26.2. The number of hydrogen-bond acceptors (Lipinski definition) is 8. The molecule has 3 aliphatic rings. The van der Waals surface area contributed by atoms with Crippen LogP contribution in [0.5, 0.6) is 5.75 Å². The van der Waals surface area contributed by atoms with E-state index in [1.54, 1.807) is 29.2 Å². The maximum Gasteiger partial charge on any atom is 0.416 e. The minimum Gasteiger partial charge on any atom is -0.494 e. The van der Waals surface area contributed by atoms with Gasteiger partial charge >= 0.3 is 6.18 Å². The van der Waals surface area contributed by atoms with Crippen molar-refractivity contribution in [2.24, 2.45) is 5.41 Å². The molecule has 3 aliphatic carbocycles. The number of nitrogens with zero attached hydrogens (tertiary/aromatic N) is 1. The fourth-order valence-corrected chi connectivity index (χ4v) is 10.8. The number of carbonyl (C=O) groups excluding carboxylic acids is 1. The number of ketones is 1. The number of ether oxygens (including phenoxy) is 1. The summed E-state index contributed by atoms with van der Waals surface area (Å²) in [6.45, 7) is 6.72. The molecule has 2 bridgehead atoms. The number of allylic oxidation sites excluding steroid dienone is 2. The first-order valence-electron chi connectivity index (χ1n) is 18.5. The summed E-state index contributed by atoms with van der Waals surface area (Å²) in [6, 6.07) is 17.5. The molecule has 290 valence electrons. The average molecular weight is 810 g/mol. The normalized spacial score (nSPS) is 23.4. The Morgan fingerprint density at radius 2 is 1.91 bits per heavy atom. The molecule has 8 rings (SSSR count). The number of halogens is 4. The number of carbonyl (C=O) groups is 1. The number of rotatable bonds is 8. The molecule has 4 atom stereocenters. The second kappa shape index (κ2) is 15.7. The van der Waals surface area contributed by atoms with E-state index in [0.29, 0.717) is 56.4 Å². The van der Waals surface area contributed by atoms with E-state index >= 15 is 0 Å². The molecule has 0 aliphatic heterocycles. The molecule has 2 aromatic heterocycles. The number of furan rings is 1. The van der Waals surface area contributed by atoms with Gasteiger partial charge in [0.25, 0.3) is 0 Å². The minimum atomic E-state index is -4.59. The molecule has 0 spiro atoms. The van der Waals surface area contributed by atoms with Gasteiger partial charge in [0.15, 0.2) is 10.1 Å². The first kappa shape index (κ1) is 39.6. The van der Waals surface area contributed by atoms with Crippen molar-refractivity contribution in [3.63, 3.8) is 0 Å². The zero-order chi connectivity index (χ0) is 39.1. The smallest absolute Gasteiger partial charge is 0.416 e. The van der Waals surface area contributed by atoms with E-state index in [9.17, 15) is 28.2 Å². The summed E-state index contributed by atoms with van der Waals surface area (Å²) >= 11 is 9.44. The van der Waals surface area contributed by atoms with Crippen LogP contribution < -0.4 is 4.74 Å². The van der Waals surface area contributed by atoms with Crippen molar-refractivity contribution in [2.75, 3.05) is 12.4 Å². The predicted octanol–water partition coefficient (Wildman–Crippen LogP) is 11.7. The second-order valence-electron chi connectivity index (χ2n) is 15.0. The van der Waals surface area contributed by atoms with Gasteiger partial charge in [0, 0.05) is 22.3 Å². The van der Waals surface area contributed by atoms with Crippen molar-refractivity contribution < 1.29 is 37.3 Å². The number of thiazole rings is 1. The Kier molecular flexibility index (Phi) is 11.3. The molecule has 55 heavy (non-hydrogen) atoms. The van der Waals surface area contributed by atoms with Crippen LogP contribution in [-0.2, 0) is 12.6 Å². The third-order valence-electron chi connectivity index (χ3n) is 11.4. The SMILES string of the molecule is CCOc1ccc2nc(SC[C@]3(O)CC[C@H]4c5ccc(cc5C(=O)c5ccc(-c6cc(C(F)(F)F)ccc6Cl)o5)C[C@@H](O)CCC(C)=CCC[C@@]43C)sc2c1. The average Bonchev–Trinajstić information content (AvgIpc) is 3.86. The molecule has 3 aromatic carbocycles. The molecule has 12 heteroatoms. The lowest BCUT2D eigenvalue weighted by Gasteiger charge is -2.44. The van der Waals surface area contributed by atoms with Gasteiger partial charge in [0.2, 0.25) is 5.78 Å². The number of aliphatic hydroxyl groups excluding tert-OH is 1. The number of alkyl halides is 3. The van der Waals surface area contributed by atoms with Gasteiger partial charge in [-0.1, -0.05) is 54.1 Å². The quantitative estimate of drug-likeness (QED) is 0.0916. The third-order valence-corrected chi connectivity index (χ3v) is 14.1. The van der Waals surface area contributed by atoms with Crippen LogP contribution in [0.1, 0.15) is 98.0 Å². The van der Waals surface area contributed by atoms with Gasteiger partial charge in [0.05, 0.1) is 39.1 Å². The van der Waals surface area contributed by atoms with Crippen LogP contribution in [0, 0.1) is 5.41 Å². The fourth-order valence-electron chi connectivity index (χ4n) is 8.18. The Hall–Kier alpha value is -3.61. The topological polar surface area (TPSA) is 92.8 Å². The molecular formula is C43H43ClF3NO5S2. The lowest BCUT2D eigenvalue weighted by Crippen LogP contribution is -2.46. The second-order valence-corrected chi connectivity index (χ2v) is 17.6. The van der Waals surface area contributed by atoms with Gasteiger partial charge in [-0.2, -0.15) is 13.2 Å². The molecule has 0 amide bonds. The monoisotopic (exact) mass is 809 g/mol. The third kappa shape index (κ3) is 8.14. The van der Waals surface area contributed by atoms with Gasteiger partial charge in [-0.3, -0.25) is 4.79 Å². The highest BCUT2D eigenvalue weighted by molar-refractivity contribution is 8.01. The Morgan fingerprint density at radius 1 is 1.09 bits per heavy atom.